The molecule has 1 amide bonds. The highest BCUT2D eigenvalue weighted by molar-refractivity contribution is 6.31. The molecule has 4 nitrogen and oxygen atoms in total. The molecule has 2 atom stereocenters. The normalized spacial score (nSPS) is 19.6. The van der Waals surface area contributed by atoms with Crippen molar-refractivity contribution in [2.45, 2.75) is 25.3 Å². The number of amides is 1. The van der Waals surface area contributed by atoms with Gasteiger partial charge in [-0.3, -0.25) is 4.79 Å². The van der Waals surface area contributed by atoms with E-state index in [2.05, 4.69) is 5.32 Å². The van der Waals surface area contributed by atoms with Crippen LogP contribution in [0.15, 0.2) is 12.1 Å². The van der Waals surface area contributed by atoms with Crippen molar-refractivity contribution in [2.75, 3.05) is 19.0 Å². The molecule has 2 unspecified atom stereocenters. The van der Waals surface area contributed by atoms with E-state index in [0.717, 1.165) is 23.2 Å². The largest absolute Gasteiger partial charge is 0.383 e. The minimum atomic E-state index is -0.293. The summed E-state index contributed by atoms with van der Waals surface area (Å²) < 4.78 is 5.06. The number of benzene rings is 1. The summed E-state index contributed by atoms with van der Waals surface area (Å²) in [4.78, 5) is 11.9. The summed E-state index contributed by atoms with van der Waals surface area (Å²) in [6.45, 7) is 2.37. The van der Waals surface area contributed by atoms with Crippen molar-refractivity contribution >= 4 is 23.2 Å². The SMILES string of the molecule is CCC1C(=O)Nc2c(C(N)COC)cc(Cl)cc21. The van der Waals surface area contributed by atoms with Crippen LogP contribution in [0.5, 0.6) is 0 Å². The first kappa shape index (κ1) is 13.3. The Morgan fingerprint density at radius 2 is 2.28 bits per heavy atom. The number of halogens is 1. The lowest BCUT2D eigenvalue weighted by molar-refractivity contribution is -0.117. The molecule has 18 heavy (non-hydrogen) atoms. The minimum absolute atomic E-state index is 0.0145. The van der Waals surface area contributed by atoms with E-state index in [9.17, 15) is 4.79 Å². The van der Waals surface area contributed by atoms with E-state index in [1.54, 1.807) is 13.2 Å². The van der Waals surface area contributed by atoms with Crippen LogP contribution < -0.4 is 11.1 Å². The van der Waals surface area contributed by atoms with Gasteiger partial charge in [0.25, 0.3) is 0 Å². The lowest BCUT2D eigenvalue weighted by Gasteiger charge is -2.16. The predicted molar refractivity (Wildman–Crippen MR) is 71.9 cm³/mol. The lowest BCUT2D eigenvalue weighted by Crippen LogP contribution is -2.18. The Bertz CT molecular complexity index is 476. The molecule has 1 heterocycles. The Morgan fingerprint density at radius 1 is 1.56 bits per heavy atom. The average Bonchev–Trinajstić information content (AvgIpc) is 2.63. The fraction of sp³-hybridized carbons (Fsp3) is 0.462. The zero-order valence-electron chi connectivity index (χ0n) is 10.5. The van der Waals surface area contributed by atoms with Gasteiger partial charge in [0.15, 0.2) is 0 Å². The second kappa shape index (κ2) is 5.26. The molecule has 3 N–H and O–H groups in total. The third-order valence-electron chi connectivity index (χ3n) is 3.26. The number of nitrogens with one attached hydrogen (secondary N) is 1. The number of anilines is 1. The van der Waals surface area contributed by atoms with E-state index >= 15 is 0 Å². The van der Waals surface area contributed by atoms with Crippen LogP contribution in [0.3, 0.4) is 0 Å². The van der Waals surface area contributed by atoms with Crippen LogP contribution in [0.25, 0.3) is 0 Å². The topological polar surface area (TPSA) is 64.4 Å². The van der Waals surface area contributed by atoms with Gasteiger partial charge in [0.1, 0.15) is 0 Å². The molecule has 0 saturated carbocycles. The zero-order valence-corrected chi connectivity index (χ0v) is 11.3. The number of nitrogens with two attached hydrogens (primary N) is 1. The van der Waals surface area contributed by atoms with Crippen LogP contribution in [0.4, 0.5) is 5.69 Å². The third kappa shape index (κ3) is 2.23. The maximum atomic E-state index is 11.9. The van der Waals surface area contributed by atoms with Gasteiger partial charge < -0.3 is 15.8 Å². The molecule has 0 aromatic heterocycles. The summed E-state index contributed by atoms with van der Waals surface area (Å²) in [5, 5.41) is 3.50. The highest BCUT2D eigenvalue weighted by Crippen LogP contribution is 2.40. The molecule has 0 spiro atoms. The Labute approximate surface area is 111 Å². The number of rotatable bonds is 4. The second-order valence-corrected chi connectivity index (χ2v) is 4.91. The fourth-order valence-electron chi connectivity index (χ4n) is 2.39. The van der Waals surface area contributed by atoms with E-state index in [1.165, 1.54) is 0 Å². The number of hydrogen-bond donors (Lipinski definition) is 2. The Kier molecular flexibility index (Phi) is 3.90. The standard InChI is InChI=1S/C13H17ClN2O2/c1-3-8-9-4-7(14)5-10(11(15)6-18-2)12(9)16-13(8)17/h4-5,8,11H,3,6,15H2,1-2H3,(H,16,17). The van der Waals surface area contributed by atoms with Gasteiger partial charge in [-0.1, -0.05) is 18.5 Å². The van der Waals surface area contributed by atoms with Gasteiger partial charge in [-0.25, -0.2) is 0 Å². The quantitative estimate of drug-likeness (QED) is 0.881. The summed E-state index contributed by atoms with van der Waals surface area (Å²) in [7, 11) is 1.60. The molecular weight excluding hydrogens is 252 g/mol. The van der Waals surface area contributed by atoms with E-state index in [4.69, 9.17) is 22.1 Å². The van der Waals surface area contributed by atoms with Crippen LogP contribution in [-0.4, -0.2) is 19.6 Å². The van der Waals surface area contributed by atoms with Gasteiger partial charge in [0.2, 0.25) is 5.91 Å². The highest BCUT2D eigenvalue weighted by Gasteiger charge is 2.32. The fourth-order valence-corrected chi connectivity index (χ4v) is 2.62. The molecule has 1 aromatic rings. The summed E-state index contributed by atoms with van der Waals surface area (Å²) >= 11 is 6.11. The summed E-state index contributed by atoms with van der Waals surface area (Å²) in [5.41, 5.74) is 8.63. The van der Waals surface area contributed by atoms with Crippen molar-refractivity contribution < 1.29 is 9.53 Å². The summed E-state index contributed by atoms with van der Waals surface area (Å²) in [6.07, 6.45) is 0.748. The van der Waals surface area contributed by atoms with Crippen LogP contribution in [-0.2, 0) is 9.53 Å². The number of carbonyl (C=O) groups excluding carboxylic acids is 1. The van der Waals surface area contributed by atoms with Crippen molar-refractivity contribution in [3.8, 4) is 0 Å². The van der Waals surface area contributed by atoms with Crippen molar-refractivity contribution in [2.24, 2.45) is 5.73 Å². The van der Waals surface area contributed by atoms with Crippen molar-refractivity contribution in [3.63, 3.8) is 0 Å². The van der Waals surface area contributed by atoms with Gasteiger partial charge >= 0.3 is 0 Å². The molecule has 0 radical (unpaired) electrons. The van der Waals surface area contributed by atoms with Crippen molar-refractivity contribution in [3.05, 3.63) is 28.3 Å². The van der Waals surface area contributed by atoms with Crippen molar-refractivity contribution in [1.82, 2.24) is 0 Å². The van der Waals surface area contributed by atoms with Gasteiger partial charge in [-0.2, -0.15) is 0 Å². The smallest absolute Gasteiger partial charge is 0.232 e. The second-order valence-electron chi connectivity index (χ2n) is 4.47. The highest BCUT2D eigenvalue weighted by atomic mass is 35.5. The maximum Gasteiger partial charge on any atom is 0.232 e. The molecule has 0 saturated heterocycles. The summed E-state index contributed by atoms with van der Waals surface area (Å²) in [6, 6.07) is 3.34. The van der Waals surface area contributed by atoms with Crippen molar-refractivity contribution in [1.29, 1.82) is 0 Å². The molecule has 98 valence electrons. The van der Waals surface area contributed by atoms with E-state index in [-0.39, 0.29) is 17.9 Å². The van der Waals surface area contributed by atoms with Gasteiger partial charge in [-0.05, 0) is 29.7 Å². The molecule has 1 aromatic carbocycles. The molecule has 0 bridgehead atoms. The first-order valence-corrected chi connectivity index (χ1v) is 6.35. The number of methoxy groups -OCH3 is 1. The molecule has 5 heteroatoms. The molecule has 0 aliphatic carbocycles. The predicted octanol–water partition coefficient (Wildman–Crippen LogP) is 2.43. The van der Waals surface area contributed by atoms with Gasteiger partial charge in [0, 0.05) is 17.8 Å². The zero-order chi connectivity index (χ0) is 13.3. The summed E-state index contributed by atoms with van der Waals surface area (Å²) in [5.74, 6) is -0.118. The molecular formula is C13H17ClN2O2. The average molecular weight is 269 g/mol. The monoisotopic (exact) mass is 268 g/mol. The Hall–Kier alpha value is -1.10. The number of fused-ring (bicyclic) bond motifs is 1. The van der Waals surface area contributed by atoms with Gasteiger partial charge in [0.05, 0.1) is 18.6 Å². The molecule has 1 aliphatic rings. The lowest BCUT2D eigenvalue weighted by atomic mass is 9.94. The number of hydrogen-bond acceptors (Lipinski definition) is 3. The van der Waals surface area contributed by atoms with E-state index in [1.807, 2.05) is 13.0 Å². The Balaban J connectivity index is 2.48. The first-order chi connectivity index (χ1) is 8.58. The van der Waals surface area contributed by atoms with Crippen LogP contribution >= 0.6 is 11.6 Å². The molecule has 0 fully saturated rings. The molecule has 2 rings (SSSR count). The minimum Gasteiger partial charge on any atom is -0.383 e. The third-order valence-corrected chi connectivity index (χ3v) is 3.48. The van der Waals surface area contributed by atoms with E-state index < -0.39 is 0 Å². The first-order valence-electron chi connectivity index (χ1n) is 5.97. The Morgan fingerprint density at radius 3 is 2.89 bits per heavy atom. The van der Waals surface area contributed by atoms with Gasteiger partial charge in [-0.15, -0.1) is 0 Å². The number of carbonyl (C=O) groups is 1. The maximum absolute atomic E-state index is 11.9. The van der Waals surface area contributed by atoms with Crippen LogP contribution in [0.1, 0.15) is 36.4 Å². The molecule has 1 aliphatic heterocycles. The van der Waals surface area contributed by atoms with Crippen LogP contribution in [0.2, 0.25) is 5.02 Å². The van der Waals surface area contributed by atoms with E-state index in [0.29, 0.717) is 11.6 Å². The number of ether oxygens (including phenoxy) is 1. The van der Waals surface area contributed by atoms with Crippen LogP contribution in [0, 0.1) is 0 Å².